The topological polar surface area (TPSA) is 35.5 Å². The Kier molecular flexibility index (Phi) is 7.53. The summed E-state index contributed by atoms with van der Waals surface area (Å²) in [7, 11) is 2.15. The lowest BCUT2D eigenvalue weighted by Gasteiger charge is -2.23. The number of nitrogens with one attached hydrogen (secondary N) is 1. The van der Waals surface area contributed by atoms with E-state index >= 15 is 0 Å². The van der Waals surface area contributed by atoms with Crippen molar-refractivity contribution in [1.29, 1.82) is 0 Å². The van der Waals surface area contributed by atoms with Crippen molar-refractivity contribution in [3.8, 4) is 0 Å². The van der Waals surface area contributed by atoms with Gasteiger partial charge in [-0.25, -0.2) is 0 Å². The highest BCUT2D eigenvalue weighted by Crippen LogP contribution is 2.21. The molecule has 108 valence electrons. The Hall–Kier alpha value is -1.06. The number of aliphatic hydroxyl groups is 1. The number of anilines is 1. The lowest BCUT2D eigenvalue weighted by Crippen LogP contribution is -2.22. The van der Waals surface area contributed by atoms with E-state index in [0.29, 0.717) is 6.61 Å². The lowest BCUT2D eigenvalue weighted by molar-refractivity contribution is 0.283. The van der Waals surface area contributed by atoms with Crippen LogP contribution in [0.25, 0.3) is 0 Å². The van der Waals surface area contributed by atoms with Crippen molar-refractivity contribution in [3.63, 3.8) is 0 Å². The molecule has 0 aliphatic heterocycles. The van der Waals surface area contributed by atoms with Gasteiger partial charge in [0.15, 0.2) is 0 Å². The van der Waals surface area contributed by atoms with Gasteiger partial charge in [-0.2, -0.15) is 0 Å². The van der Waals surface area contributed by atoms with Gasteiger partial charge in [0.05, 0.1) is 0 Å². The second kappa shape index (κ2) is 8.94. The van der Waals surface area contributed by atoms with Gasteiger partial charge in [-0.1, -0.05) is 24.6 Å². The van der Waals surface area contributed by atoms with Crippen LogP contribution >= 0.6 is 0 Å². The summed E-state index contributed by atoms with van der Waals surface area (Å²) in [6.07, 6.45) is 3.13. The van der Waals surface area contributed by atoms with Crippen LogP contribution < -0.4 is 10.2 Å². The van der Waals surface area contributed by atoms with Crippen molar-refractivity contribution in [2.24, 2.45) is 0 Å². The summed E-state index contributed by atoms with van der Waals surface area (Å²) < 4.78 is 0. The molecule has 0 saturated carbocycles. The molecule has 1 aromatic rings. The van der Waals surface area contributed by atoms with E-state index in [-0.39, 0.29) is 0 Å². The molecular weight excluding hydrogens is 236 g/mol. The van der Waals surface area contributed by atoms with E-state index in [1.54, 1.807) is 0 Å². The first-order valence-electron chi connectivity index (χ1n) is 7.31. The Morgan fingerprint density at radius 2 is 2.00 bits per heavy atom. The largest absolute Gasteiger partial charge is 0.396 e. The van der Waals surface area contributed by atoms with Crippen molar-refractivity contribution in [3.05, 3.63) is 29.3 Å². The molecule has 0 atom stereocenters. The molecule has 0 unspecified atom stereocenters. The Balaban J connectivity index is 2.63. The van der Waals surface area contributed by atoms with Gasteiger partial charge in [-0.05, 0) is 44.4 Å². The summed E-state index contributed by atoms with van der Waals surface area (Å²) >= 11 is 0. The normalized spacial score (nSPS) is 10.7. The van der Waals surface area contributed by atoms with Gasteiger partial charge in [0.25, 0.3) is 0 Å². The van der Waals surface area contributed by atoms with Crippen LogP contribution in [0.2, 0.25) is 0 Å². The Labute approximate surface area is 117 Å². The fraction of sp³-hybridized carbons (Fsp3) is 0.625. The molecule has 0 amide bonds. The number of benzene rings is 1. The molecule has 0 aliphatic carbocycles. The first-order chi connectivity index (χ1) is 9.19. The van der Waals surface area contributed by atoms with Crippen molar-refractivity contribution < 1.29 is 5.11 Å². The molecule has 0 bridgehead atoms. The molecule has 0 heterocycles. The molecule has 0 radical (unpaired) electrons. The zero-order chi connectivity index (χ0) is 14.1. The minimum absolute atomic E-state index is 0.305. The highest BCUT2D eigenvalue weighted by Gasteiger charge is 2.07. The molecule has 3 heteroatoms. The summed E-state index contributed by atoms with van der Waals surface area (Å²) in [5.41, 5.74) is 3.99. The third-order valence-electron chi connectivity index (χ3n) is 3.36. The van der Waals surface area contributed by atoms with Crippen LogP contribution in [-0.4, -0.2) is 31.9 Å². The maximum atomic E-state index is 8.80. The minimum Gasteiger partial charge on any atom is -0.396 e. The molecule has 1 aromatic carbocycles. The zero-order valence-electron chi connectivity index (χ0n) is 12.6. The first kappa shape index (κ1) is 16.0. The molecule has 2 N–H and O–H groups in total. The number of hydrogen-bond acceptors (Lipinski definition) is 3. The Bertz CT molecular complexity index is 366. The van der Waals surface area contributed by atoms with E-state index in [0.717, 1.165) is 38.9 Å². The Morgan fingerprint density at radius 3 is 2.68 bits per heavy atom. The summed E-state index contributed by atoms with van der Waals surface area (Å²) in [6, 6.07) is 6.66. The van der Waals surface area contributed by atoms with E-state index in [4.69, 9.17) is 5.11 Å². The molecule has 0 saturated heterocycles. The summed E-state index contributed by atoms with van der Waals surface area (Å²) in [5, 5.41) is 12.2. The zero-order valence-corrected chi connectivity index (χ0v) is 12.6. The van der Waals surface area contributed by atoms with Gasteiger partial charge in [0.1, 0.15) is 0 Å². The first-order valence-corrected chi connectivity index (χ1v) is 7.31. The molecule has 0 aromatic heterocycles. The SMILES string of the molecule is CCNCc1cc(C)ccc1N(C)CCCCCO. The van der Waals surface area contributed by atoms with Crippen LogP contribution in [0.5, 0.6) is 0 Å². The predicted octanol–water partition coefficient (Wildman–Crippen LogP) is 2.70. The van der Waals surface area contributed by atoms with Gasteiger partial charge < -0.3 is 15.3 Å². The quantitative estimate of drug-likeness (QED) is 0.673. The van der Waals surface area contributed by atoms with Crippen LogP contribution in [0.4, 0.5) is 5.69 Å². The van der Waals surface area contributed by atoms with Crippen molar-refractivity contribution in [2.75, 3.05) is 31.6 Å². The van der Waals surface area contributed by atoms with E-state index in [9.17, 15) is 0 Å². The Morgan fingerprint density at radius 1 is 1.21 bits per heavy atom. The second-order valence-corrected chi connectivity index (χ2v) is 5.12. The lowest BCUT2D eigenvalue weighted by atomic mass is 10.1. The highest BCUT2D eigenvalue weighted by molar-refractivity contribution is 5.54. The van der Waals surface area contributed by atoms with E-state index in [1.165, 1.54) is 16.8 Å². The summed E-state index contributed by atoms with van der Waals surface area (Å²) in [6.45, 7) is 7.54. The molecule has 0 aliphatic rings. The van der Waals surface area contributed by atoms with Crippen molar-refractivity contribution >= 4 is 5.69 Å². The number of aryl methyl sites for hydroxylation is 1. The summed E-state index contributed by atoms with van der Waals surface area (Å²) in [5.74, 6) is 0. The molecule has 0 spiro atoms. The van der Waals surface area contributed by atoms with Crippen LogP contribution in [-0.2, 0) is 6.54 Å². The average molecular weight is 264 g/mol. The number of unbranched alkanes of at least 4 members (excludes halogenated alkanes) is 2. The molecule has 0 fully saturated rings. The maximum absolute atomic E-state index is 8.80. The smallest absolute Gasteiger partial charge is 0.0431 e. The van der Waals surface area contributed by atoms with E-state index in [2.05, 4.69) is 49.3 Å². The number of nitrogens with zero attached hydrogens (tertiary/aromatic N) is 1. The minimum atomic E-state index is 0.305. The van der Waals surface area contributed by atoms with E-state index in [1.807, 2.05) is 0 Å². The molecule has 1 rings (SSSR count). The number of aliphatic hydroxyl groups excluding tert-OH is 1. The molecule has 3 nitrogen and oxygen atoms in total. The number of rotatable bonds is 9. The third-order valence-corrected chi connectivity index (χ3v) is 3.36. The highest BCUT2D eigenvalue weighted by atomic mass is 16.2. The monoisotopic (exact) mass is 264 g/mol. The fourth-order valence-electron chi connectivity index (χ4n) is 2.25. The standard InChI is InChI=1S/C16H28N2O/c1-4-17-13-15-12-14(2)8-9-16(15)18(3)10-6-5-7-11-19/h8-9,12,17,19H,4-7,10-11,13H2,1-3H3. The van der Waals surface area contributed by atoms with Gasteiger partial charge in [-0.15, -0.1) is 0 Å². The predicted molar refractivity (Wildman–Crippen MR) is 82.8 cm³/mol. The summed E-state index contributed by atoms with van der Waals surface area (Å²) in [4.78, 5) is 2.32. The average Bonchev–Trinajstić information content (AvgIpc) is 2.41. The van der Waals surface area contributed by atoms with Crippen LogP contribution in [0, 0.1) is 6.92 Å². The van der Waals surface area contributed by atoms with Gasteiger partial charge in [-0.3, -0.25) is 0 Å². The van der Waals surface area contributed by atoms with Crippen molar-refractivity contribution in [2.45, 2.75) is 39.7 Å². The molecule has 19 heavy (non-hydrogen) atoms. The fourth-order valence-corrected chi connectivity index (χ4v) is 2.25. The van der Waals surface area contributed by atoms with Gasteiger partial charge >= 0.3 is 0 Å². The third kappa shape index (κ3) is 5.62. The van der Waals surface area contributed by atoms with Crippen molar-refractivity contribution in [1.82, 2.24) is 5.32 Å². The van der Waals surface area contributed by atoms with Crippen LogP contribution in [0.15, 0.2) is 18.2 Å². The van der Waals surface area contributed by atoms with Gasteiger partial charge in [0, 0.05) is 32.4 Å². The maximum Gasteiger partial charge on any atom is 0.0431 e. The second-order valence-electron chi connectivity index (χ2n) is 5.12. The van der Waals surface area contributed by atoms with E-state index < -0.39 is 0 Å². The van der Waals surface area contributed by atoms with Crippen LogP contribution in [0.1, 0.15) is 37.3 Å². The number of hydrogen-bond donors (Lipinski definition) is 2. The van der Waals surface area contributed by atoms with Crippen LogP contribution in [0.3, 0.4) is 0 Å². The molecular formula is C16H28N2O. The van der Waals surface area contributed by atoms with Gasteiger partial charge in [0.2, 0.25) is 0 Å².